The molecule has 0 unspecified atom stereocenters. The lowest BCUT2D eigenvalue weighted by molar-refractivity contribution is 0.0988. The summed E-state index contributed by atoms with van der Waals surface area (Å²) in [4.78, 5) is 14.3. The van der Waals surface area contributed by atoms with Crippen molar-refractivity contribution in [2.45, 2.75) is 6.92 Å². The van der Waals surface area contributed by atoms with Gasteiger partial charge >= 0.3 is 0 Å². The smallest absolute Gasteiger partial charge is 0.258 e. The van der Waals surface area contributed by atoms with Crippen LogP contribution in [-0.2, 0) is 0 Å². The van der Waals surface area contributed by atoms with Crippen LogP contribution in [-0.4, -0.2) is 12.5 Å². The molecular weight excluding hydrogens is 370 g/mol. The first-order valence-electron chi connectivity index (χ1n) is 5.95. The molecule has 2 rings (SSSR count). The molecule has 0 spiro atoms. The number of halogens is 2. The number of anilines is 1. The lowest BCUT2D eigenvalue weighted by Crippen LogP contribution is -2.30. The van der Waals surface area contributed by atoms with Crippen LogP contribution in [0.25, 0.3) is 0 Å². The molecule has 0 saturated heterocycles. The predicted octanol–water partition coefficient (Wildman–Crippen LogP) is 4.88. The van der Waals surface area contributed by atoms with E-state index < -0.39 is 0 Å². The van der Waals surface area contributed by atoms with Crippen molar-refractivity contribution in [3.8, 4) is 0 Å². The van der Waals surface area contributed by atoms with Gasteiger partial charge in [-0.1, -0.05) is 50.1 Å². The predicted molar refractivity (Wildman–Crippen MR) is 85.6 cm³/mol. The summed E-state index contributed by atoms with van der Waals surface area (Å²) in [6.45, 7) is 2.60. The van der Waals surface area contributed by atoms with E-state index in [1.807, 2.05) is 55.5 Å². The number of benzene rings is 2. The molecule has 0 N–H and O–H groups in total. The number of hydrogen-bond donors (Lipinski definition) is 0. The van der Waals surface area contributed by atoms with Gasteiger partial charge in [0, 0.05) is 26.7 Å². The zero-order valence-corrected chi connectivity index (χ0v) is 13.6. The highest BCUT2D eigenvalue weighted by Crippen LogP contribution is 2.23. The van der Waals surface area contributed by atoms with E-state index in [0.717, 1.165) is 14.6 Å². The third kappa shape index (κ3) is 3.45. The number of rotatable bonds is 3. The van der Waals surface area contributed by atoms with Crippen LogP contribution >= 0.6 is 31.9 Å². The van der Waals surface area contributed by atoms with Crippen LogP contribution < -0.4 is 4.90 Å². The first-order valence-corrected chi connectivity index (χ1v) is 7.53. The standard InChI is InChI=1S/C15H13Br2NO/c1-2-18(14-6-4-3-5-7-14)15(19)11-8-12(16)10-13(17)9-11/h3-10H,2H2,1H3. The first kappa shape index (κ1) is 14.3. The molecule has 19 heavy (non-hydrogen) atoms. The molecule has 0 fully saturated rings. The Kier molecular flexibility index (Phi) is 4.77. The summed E-state index contributed by atoms with van der Waals surface area (Å²) in [5.41, 5.74) is 1.57. The van der Waals surface area contributed by atoms with Crippen molar-refractivity contribution in [2.24, 2.45) is 0 Å². The minimum atomic E-state index is -0.00398. The monoisotopic (exact) mass is 381 g/mol. The molecule has 98 valence electrons. The molecule has 0 bridgehead atoms. The van der Waals surface area contributed by atoms with Crippen LogP contribution in [0.1, 0.15) is 17.3 Å². The molecule has 0 aliphatic rings. The van der Waals surface area contributed by atoms with E-state index in [1.165, 1.54) is 0 Å². The van der Waals surface area contributed by atoms with Crippen molar-refractivity contribution < 1.29 is 4.79 Å². The highest BCUT2D eigenvalue weighted by Gasteiger charge is 2.16. The normalized spacial score (nSPS) is 10.3. The van der Waals surface area contributed by atoms with E-state index in [0.29, 0.717) is 12.1 Å². The second kappa shape index (κ2) is 6.35. The molecule has 2 aromatic rings. The van der Waals surface area contributed by atoms with Crippen molar-refractivity contribution in [3.63, 3.8) is 0 Å². The summed E-state index contributed by atoms with van der Waals surface area (Å²) in [5.74, 6) is -0.00398. The van der Waals surface area contributed by atoms with Gasteiger partial charge in [0.15, 0.2) is 0 Å². The van der Waals surface area contributed by atoms with Gasteiger partial charge in [0.25, 0.3) is 5.91 Å². The fourth-order valence-corrected chi connectivity index (χ4v) is 3.18. The van der Waals surface area contributed by atoms with Crippen LogP contribution in [0.3, 0.4) is 0 Å². The van der Waals surface area contributed by atoms with Crippen LogP contribution in [0.5, 0.6) is 0 Å². The van der Waals surface area contributed by atoms with Crippen LogP contribution in [0.2, 0.25) is 0 Å². The van der Waals surface area contributed by atoms with Crippen molar-refractivity contribution >= 4 is 43.5 Å². The Bertz CT molecular complexity index is 564. The second-order valence-corrected chi connectivity index (χ2v) is 5.87. The van der Waals surface area contributed by atoms with Crippen molar-refractivity contribution in [1.82, 2.24) is 0 Å². The number of amides is 1. The number of carbonyl (C=O) groups excluding carboxylic acids is 1. The Morgan fingerprint density at radius 3 is 2.16 bits per heavy atom. The average molecular weight is 383 g/mol. The number of para-hydroxylation sites is 1. The summed E-state index contributed by atoms with van der Waals surface area (Å²) in [6.07, 6.45) is 0. The van der Waals surface area contributed by atoms with Gasteiger partial charge in [0.1, 0.15) is 0 Å². The molecule has 1 amide bonds. The van der Waals surface area contributed by atoms with E-state index in [2.05, 4.69) is 31.9 Å². The maximum absolute atomic E-state index is 12.6. The molecule has 4 heteroatoms. The van der Waals surface area contributed by atoms with Gasteiger partial charge in [-0.15, -0.1) is 0 Å². The number of nitrogens with zero attached hydrogens (tertiary/aromatic N) is 1. The summed E-state index contributed by atoms with van der Waals surface area (Å²) in [6, 6.07) is 15.3. The van der Waals surface area contributed by atoms with Gasteiger partial charge in [0.2, 0.25) is 0 Å². The van der Waals surface area contributed by atoms with Crippen molar-refractivity contribution in [2.75, 3.05) is 11.4 Å². The van der Waals surface area contributed by atoms with Crippen LogP contribution in [0.15, 0.2) is 57.5 Å². The zero-order chi connectivity index (χ0) is 13.8. The topological polar surface area (TPSA) is 20.3 Å². The lowest BCUT2D eigenvalue weighted by atomic mass is 10.2. The lowest BCUT2D eigenvalue weighted by Gasteiger charge is -2.21. The molecule has 0 atom stereocenters. The second-order valence-electron chi connectivity index (χ2n) is 4.04. The molecule has 2 nitrogen and oxygen atoms in total. The number of carbonyl (C=O) groups is 1. The molecule has 0 aliphatic heterocycles. The maximum atomic E-state index is 12.6. The summed E-state index contributed by atoms with van der Waals surface area (Å²) in [5, 5.41) is 0. The third-order valence-electron chi connectivity index (χ3n) is 2.74. The molecule has 2 aromatic carbocycles. The molecule has 0 saturated carbocycles. The van der Waals surface area contributed by atoms with Gasteiger partial charge in [-0.25, -0.2) is 0 Å². The van der Waals surface area contributed by atoms with Crippen LogP contribution in [0.4, 0.5) is 5.69 Å². The van der Waals surface area contributed by atoms with Crippen molar-refractivity contribution in [1.29, 1.82) is 0 Å². The minimum absolute atomic E-state index is 0.00398. The molecule has 0 aliphatic carbocycles. The quantitative estimate of drug-likeness (QED) is 0.740. The van der Waals surface area contributed by atoms with Gasteiger partial charge in [-0.05, 0) is 37.3 Å². The highest BCUT2D eigenvalue weighted by atomic mass is 79.9. The SMILES string of the molecule is CCN(C(=O)c1cc(Br)cc(Br)c1)c1ccccc1. The van der Waals surface area contributed by atoms with Crippen LogP contribution in [0, 0.1) is 0 Å². The summed E-state index contributed by atoms with van der Waals surface area (Å²) in [7, 11) is 0. The van der Waals surface area contributed by atoms with Gasteiger partial charge in [-0.2, -0.15) is 0 Å². The van der Waals surface area contributed by atoms with Crippen molar-refractivity contribution in [3.05, 3.63) is 63.0 Å². The third-order valence-corrected chi connectivity index (χ3v) is 3.65. The van der Waals surface area contributed by atoms with Gasteiger partial charge in [0.05, 0.1) is 0 Å². The molecular formula is C15H13Br2NO. The fraction of sp³-hybridized carbons (Fsp3) is 0.133. The highest BCUT2D eigenvalue weighted by molar-refractivity contribution is 9.11. The Hall–Kier alpha value is -1.13. The van der Waals surface area contributed by atoms with E-state index in [-0.39, 0.29) is 5.91 Å². The minimum Gasteiger partial charge on any atom is -0.309 e. The van der Waals surface area contributed by atoms with Gasteiger partial charge in [-0.3, -0.25) is 4.79 Å². The Morgan fingerprint density at radius 1 is 1.05 bits per heavy atom. The maximum Gasteiger partial charge on any atom is 0.258 e. The Morgan fingerprint density at radius 2 is 1.63 bits per heavy atom. The van der Waals surface area contributed by atoms with E-state index in [1.54, 1.807) is 4.90 Å². The Balaban J connectivity index is 2.36. The summed E-state index contributed by atoms with van der Waals surface area (Å²) < 4.78 is 1.77. The van der Waals surface area contributed by atoms with E-state index in [4.69, 9.17) is 0 Å². The van der Waals surface area contributed by atoms with E-state index >= 15 is 0 Å². The fourth-order valence-electron chi connectivity index (χ4n) is 1.88. The van der Waals surface area contributed by atoms with E-state index in [9.17, 15) is 4.79 Å². The molecule has 0 aromatic heterocycles. The molecule has 0 heterocycles. The Labute approximate surface area is 129 Å². The average Bonchev–Trinajstić information content (AvgIpc) is 2.39. The first-order chi connectivity index (χ1) is 9.11. The molecule has 0 radical (unpaired) electrons. The summed E-state index contributed by atoms with van der Waals surface area (Å²) >= 11 is 6.82. The van der Waals surface area contributed by atoms with Gasteiger partial charge < -0.3 is 4.90 Å². The number of hydrogen-bond acceptors (Lipinski definition) is 1. The largest absolute Gasteiger partial charge is 0.309 e. The zero-order valence-electron chi connectivity index (χ0n) is 10.4.